The fourth-order valence-corrected chi connectivity index (χ4v) is 7.15. The van der Waals surface area contributed by atoms with Gasteiger partial charge in [0.1, 0.15) is 5.82 Å². The van der Waals surface area contributed by atoms with E-state index in [0.717, 1.165) is 90.2 Å². The quantitative estimate of drug-likeness (QED) is 0.158. The molecule has 272 valence electrons. The number of carbonyl (C=O) groups is 2. The molecule has 0 saturated carbocycles. The van der Waals surface area contributed by atoms with E-state index in [4.69, 9.17) is 15.5 Å². The summed E-state index contributed by atoms with van der Waals surface area (Å²) in [6, 6.07) is 13.4. The van der Waals surface area contributed by atoms with Gasteiger partial charge in [-0.15, -0.1) is 0 Å². The summed E-state index contributed by atoms with van der Waals surface area (Å²) in [6.07, 6.45) is 4.92. The van der Waals surface area contributed by atoms with Crippen LogP contribution >= 0.6 is 0 Å². The Balaban J connectivity index is 1.34. The largest absolute Gasteiger partial charge is 0.381 e. The van der Waals surface area contributed by atoms with Gasteiger partial charge in [-0.05, 0) is 67.5 Å². The van der Waals surface area contributed by atoms with Crippen LogP contribution in [0.25, 0.3) is 22.2 Å². The molecular weight excluding hydrogens is 647 g/mol. The number of carbonyl (C=O) groups excluding carboxylic acids is 2. The van der Waals surface area contributed by atoms with E-state index in [2.05, 4.69) is 39.7 Å². The molecule has 11 nitrogen and oxygen atoms in total. The predicted octanol–water partition coefficient (Wildman–Crippen LogP) is 5.00. The number of primary amides is 1. The van der Waals surface area contributed by atoms with Crippen molar-refractivity contribution in [1.82, 2.24) is 29.9 Å². The fraction of sp³-hybridized carbons (Fsp3) is 0.487. The van der Waals surface area contributed by atoms with Crippen molar-refractivity contribution in [2.75, 3.05) is 44.7 Å². The molecule has 2 saturated heterocycles. The number of benzene rings is 2. The molecule has 2 aliphatic rings. The number of halogens is 1. The summed E-state index contributed by atoms with van der Waals surface area (Å²) in [5, 5.41) is 12.8. The number of hydrogen-bond donors (Lipinski definition) is 3. The van der Waals surface area contributed by atoms with Crippen molar-refractivity contribution in [1.29, 1.82) is 0 Å². The van der Waals surface area contributed by atoms with Gasteiger partial charge in [-0.1, -0.05) is 31.2 Å². The molecule has 12 heteroatoms. The van der Waals surface area contributed by atoms with E-state index in [0.29, 0.717) is 38.2 Å². The second-order valence-electron chi connectivity index (χ2n) is 13.6. The lowest BCUT2D eigenvalue weighted by atomic mass is 9.99. The number of piperazine rings is 1. The van der Waals surface area contributed by atoms with Gasteiger partial charge >= 0.3 is 0 Å². The molecule has 0 unspecified atom stereocenters. The van der Waals surface area contributed by atoms with Crippen molar-refractivity contribution in [2.24, 2.45) is 5.73 Å². The first-order chi connectivity index (χ1) is 24.8. The van der Waals surface area contributed by atoms with Crippen LogP contribution < -0.4 is 16.4 Å². The normalized spacial score (nSPS) is 15.7. The number of anilines is 1. The van der Waals surface area contributed by atoms with E-state index < -0.39 is 5.91 Å². The molecule has 0 atom stereocenters. The van der Waals surface area contributed by atoms with E-state index >= 15 is 4.39 Å². The Morgan fingerprint density at radius 2 is 1.86 bits per heavy atom. The number of aryl methyl sites for hydroxylation is 2. The van der Waals surface area contributed by atoms with Crippen LogP contribution in [0, 0.1) is 5.82 Å². The molecule has 0 radical (unpaired) electrons. The minimum atomic E-state index is -0.435. The van der Waals surface area contributed by atoms with Crippen LogP contribution in [0.15, 0.2) is 48.7 Å². The first-order valence-corrected chi connectivity index (χ1v) is 18.4. The molecule has 51 heavy (non-hydrogen) atoms. The van der Waals surface area contributed by atoms with E-state index in [1.54, 1.807) is 11.0 Å². The summed E-state index contributed by atoms with van der Waals surface area (Å²) < 4.78 is 23.1. The molecule has 2 aliphatic heterocycles. The highest BCUT2D eigenvalue weighted by Crippen LogP contribution is 2.33. The second kappa shape index (κ2) is 17.2. The molecule has 4 N–H and O–H groups in total. The highest BCUT2D eigenvalue weighted by Gasteiger charge is 2.25. The molecule has 0 bridgehead atoms. The Bertz CT molecular complexity index is 1820. The van der Waals surface area contributed by atoms with Gasteiger partial charge in [0, 0.05) is 101 Å². The van der Waals surface area contributed by atoms with Crippen molar-refractivity contribution in [3.8, 4) is 11.1 Å². The van der Waals surface area contributed by atoms with E-state index in [1.165, 1.54) is 6.07 Å². The summed E-state index contributed by atoms with van der Waals surface area (Å²) in [4.78, 5) is 34.9. The van der Waals surface area contributed by atoms with E-state index in [-0.39, 0.29) is 43.7 Å². The maximum atomic E-state index is 15.5. The number of amides is 2. The predicted molar refractivity (Wildman–Crippen MR) is 197 cm³/mol. The van der Waals surface area contributed by atoms with Gasteiger partial charge in [0.25, 0.3) is 0 Å². The van der Waals surface area contributed by atoms with Gasteiger partial charge in [0.05, 0.1) is 17.3 Å². The van der Waals surface area contributed by atoms with E-state index in [1.807, 2.05) is 36.0 Å². The van der Waals surface area contributed by atoms with Crippen LogP contribution in [0.3, 0.4) is 0 Å². The molecule has 2 aromatic carbocycles. The van der Waals surface area contributed by atoms with Crippen LogP contribution in [0.2, 0.25) is 0 Å². The van der Waals surface area contributed by atoms with Crippen molar-refractivity contribution < 1.29 is 18.7 Å². The number of ether oxygens (including phenoxy) is 1. The van der Waals surface area contributed by atoms with Gasteiger partial charge in [0.2, 0.25) is 11.8 Å². The summed E-state index contributed by atoms with van der Waals surface area (Å²) >= 11 is 0. The standard InChI is InChI=1S/C39H51FN8O3/c1-3-35-33(38(44-30-13-19-51-20-14-30)32-23-43-48(4-2)39(32)45-35)26-47(37(50)10-6-9-36(41)49)25-28-11-12-34(40)31(22-28)29-8-5-7-27(21-29)24-46-17-15-42-16-18-46/h5,7-8,11-12,21-23,30,42H,3-4,6,9-10,13-20,24-26H2,1-2H3,(H2,41,49)(H,44,45). The zero-order valence-corrected chi connectivity index (χ0v) is 29.9. The third kappa shape index (κ3) is 9.10. The van der Waals surface area contributed by atoms with Gasteiger partial charge in [-0.25, -0.2) is 14.1 Å². The Morgan fingerprint density at radius 1 is 1.06 bits per heavy atom. The first kappa shape index (κ1) is 36.4. The molecule has 2 fully saturated rings. The molecule has 4 aromatic rings. The third-order valence-corrected chi connectivity index (χ3v) is 9.95. The molecule has 0 spiro atoms. The molecular formula is C39H51FN8O3. The van der Waals surface area contributed by atoms with Crippen LogP contribution in [0.4, 0.5) is 10.1 Å². The third-order valence-electron chi connectivity index (χ3n) is 9.95. The van der Waals surface area contributed by atoms with Crippen molar-refractivity contribution in [3.05, 3.63) is 76.9 Å². The fourth-order valence-electron chi connectivity index (χ4n) is 7.15. The smallest absolute Gasteiger partial charge is 0.223 e. The Morgan fingerprint density at radius 3 is 2.61 bits per heavy atom. The number of nitrogens with zero attached hydrogens (tertiary/aromatic N) is 5. The van der Waals surface area contributed by atoms with Crippen LogP contribution in [0.1, 0.15) is 68.3 Å². The minimum absolute atomic E-state index is 0.108. The zero-order chi connectivity index (χ0) is 35.7. The Kier molecular flexibility index (Phi) is 12.3. The number of pyridine rings is 1. The number of hydrogen-bond acceptors (Lipinski definition) is 8. The Labute approximate surface area is 299 Å². The monoisotopic (exact) mass is 698 g/mol. The van der Waals surface area contributed by atoms with Crippen LogP contribution in [-0.2, 0) is 46.9 Å². The summed E-state index contributed by atoms with van der Waals surface area (Å²) in [5.74, 6) is -0.852. The molecule has 4 heterocycles. The maximum absolute atomic E-state index is 15.5. The second-order valence-corrected chi connectivity index (χ2v) is 13.6. The number of aromatic nitrogens is 3. The first-order valence-electron chi connectivity index (χ1n) is 18.4. The maximum Gasteiger partial charge on any atom is 0.223 e. The lowest BCUT2D eigenvalue weighted by Gasteiger charge is -2.29. The summed E-state index contributed by atoms with van der Waals surface area (Å²) in [7, 11) is 0. The lowest BCUT2D eigenvalue weighted by Crippen LogP contribution is -2.42. The number of nitrogens with two attached hydrogens (primary N) is 1. The van der Waals surface area contributed by atoms with Crippen molar-refractivity contribution in [3.63, 3.8) is 0 Å². The number of rotatable bonds is 15. The number of fused-ring (bicyclic) bond motifs is 1. The van der Waals surface area contributed by atoms with Gasteiger partial charge < -0.3 is 26.0 Å². The van der Waals surface area contributed by atoms with E-state index in [9.17, 15) is 9.59 Å². The topological polar surface area (TPSA) is 131 Å². The molecule has 0 aliphatic carbocycles. The number of nitrogens with one attached hydrogen (secondary N) is 2. The minimum Gasteiger partial charge on any atom is -0.381 e. The highest BCUT2D eigenvalue weighted by molar-refractivity contribution is 5.92. The Hall–Kier alpha value is -4.39. The highest BCUT2D eigenvalue weighted by atomic mass is 19.1. The average molecular weight is 699 g/mol. The average Bonchev–Trinajstić information content (AvgIpc) is 3.56. The van der Waals surface area contributed by atoms with Crippen LogP contribution in [-0.4, -0.2) is 81.8 Å². The van der Waals surface area contributed by atoms with Crippen molar-refractivity contribution in [2.45, 2.75) is 84.6 Å². The molecule has 6 rings (SSSR count). The summed E-state index contributed by atoms with van der Waals surface area (Å²) in [5.41, 5.74) is 12.3. The summed E-state index contributed by atoms with van der Waals surface area (Å²) in [6.45, 7) is 11.4. The van der Waals surface area contributed by atoms with Crippen molar-refractivity contribution >= 4 is 28.5 Å². The molecule has 2 amide bonds. The lowest BCUT2D eigenvalue weighted by molar-refractivity contribution is -0.132. The SMILES string of the molecule is CCc1nc2c(cnn2CC)c(NC2CCOCC2)c1CN(Cc1ccc(F)c(-c2cccc(CN3CCNCC3)c2)c1)C(=O)CCCC(N)=O. The van der Waals surface area contributed by atoms with Gasteiger partial charge in [-0.3, -0.25) is 14.5 Å². The zero-order valence-electron chi connectivity index (χ0n) is 29.9. The molecule has 2 aromatic heterocycles. The van der Waals surface area contributed by atoms with Gasteiger partial charge in [-0.2, -0.15) is 5.10 Å². The van der Waals surface area contributed by atoms with Gasteiger partial charge in [0.15, 0.2) is 5.65 Å². The van der Waals surface area contributed by atoms with Crippen LogP contribution in [0.5, 0.6) is 0 Å².